The summed E-state index contributed by atoms with van der Waals surface area (Å²) in [7, 11) is 2.00. The normalized spacial score (nSPS) is 10.6. The van der Waals surface area contributed by atoms with E-state index in [1.54, 1.807) is 0 Å². The maximum atomic E-state index is 5.39. The number of hydrogen-bond acceptors (Lipinski definition) is 6. The maximum Gasteiger partial charge on any atom is 0.158 e. The summed E-state index contributed by atoms with van der Waals surface area (Å²) in [6.07, 6.45) is 0. The monoisotopic (exact) mass is 282 g/mol. The van der Waals surface area contributed by atoms with Gasteiger partial charge in [0.05, 0.1) is 6.61 Å². The second-order valence-electron chi connectivity index (χ2n) is 4.31. The molecule has 0 aliphatic rings. The van der Waals surface area contributed by atoms with E-state index in [2.05, 4.69) is 20.2 Å². The van der Waals surface area contributed by atoms with Crippen LogP contribution in [0.25, 0.3) is 0 Å². The summed E-state index contributed by atoms with van der Waals surface area (Å²) < 4.78 is 10.8. The van der Waals surface area contributed by atoms with Gasteiger partial charge in [-0.15, -0.1) is 0 Å². The van der Waals surface area contributed by atoms with Gasteiger partial charge in [0.2, 0.25) is 0 Å². The van der Waals surface area contributed by atoms with Crippen molar-refractivity contribution in [3.05, 3.63) is 11.9 Å². The Bertz CT molecular complexity index is 387. The number of hydrogen-bond donors (Lipinski definition) is 1. The van der Waals surface area contributed by atoms with Crippen molar-refractivity contribution in [2.75, 3.05) is 50.2 Å². The first kappa shape index (κ1) is 16.7. The molecule has 6 nitrogen and oxygen atoms in total. The summed E-state index contributed by atoms with van der Waals surface area (Å²) >= 11 is 0. The van der Waals surface area contributed by atoms with Crippen molar-refractivity contribution in [1.29, 1.82) is 0 Å². The largest absolute Gasteiger partial charge is 0.380 e. The molecule has 0 aromatic carbocycles. The molecule has 0 spiro atoms. The van der Waals surface area contributed by atoms with Gasteiger partial charge >= 0.3 is 0 Å². The van der Waals surface area contributed by atoms with Gasteiger partial charge in [-0.2, -0.15) is 0 Å². The van der Waals surface area contributed by atoms with Gasteiger partial charge in [0.15, 0.2) is 5.82 Å². The van der Waals surface area contributed by atoms with Gasteiger partial charge in [-0.1, -0.05) is 0 Å². The molecule has 0 radical (unpaired) electrons. The van der Waals surface area contributed by atoms with Crippen LogP contribution in [-0.2, 0) is 16.1 Å². The average Bonchev–Trinajstić information content (AvgIpc) is 2.45. The molecular formula is C14H26N4O2. The van der Waals surface area contributed by atoms with E-state index in [1.165, 1.54) is 0 Å². The standard InChI is InChI=1S/C14H26N4O2/c1-5-15-12-10-14(18(4)8-9-19-6-2)17-13(16-12)11-20-7-3/h10H,5-9,11H2,1-4H3,(H,15,16,17). The van der Waals surface area contributed by atoms with Crippen LogP contribution in [0.3, 0.4) is 0 Å². The average molecular weight is 282 g/mol. The fourth-order valence-electron chi connectivity index (χ4n) is 1.67. The minimum atomic E-state index is 0.433. The number of rotatable bonds is 10. The van der Waals surface area contributed by atoms with Crippen molar-refractivity contribution < 1.29 is 9.47 Å². The van der Waals surface area contributed by atoms with E-state index < -0.39 is 0 Å². The molecule has 0 fully saturated rings. The van der Waals surface area contributed by atoms with Crippen LogP contribution in [0.1, 0.15) is 26.6 Å². The Hall–Kier alpha value is -1.40. The zero-order valence-corrected chi connectivity index (χ0v) is 13.0. The highest BCUT2D eigenvalue weighted by molar-refractivity contribution is 5.48. The Morgan fingerprint density at radius 1 is 1.15 bits per heavy atom. The van der Waals surface area contributed by atoms with Gasteiger partial charge in [-0.25, -0.2) is 9.97 Å². The smallest absolute Gasteiger partial charge is 0.158 e. The van der Waals surface area contributed by atoms with Crippen LogP contribution in [-0.4, -0.2) is 49.9 Å². The minimum absolute atomic E-state index is 0.433. The summed E-state index contributed by atoms with van der Waals surface area (Å²) in [6.45, 7) is 10.1. The SMILES string of the molecule is CCNc1cc(N(C)CCOCC)nc(COCC)n1. The van der Waals surface area contributed by atoms with E-state index in [9.17, 15) is 0 Å². The van der Waals surface area contributed by atoms with Crippen molar-refractivity contribution in [1.82, 2.24) is 9.97 Å². The summed E-state index contributed by atoms with van der Waals surface area (Å²) in [4.78, 5) is 11.0. The zero-order valence-electron chi connectivity index (χ0n) is 13.0. The Morgan fingerprint density at radius 3 is 2.55 bits per heavy atom. The van der Waals surface area contributed by atoms with Crippen LogP contribution in [0, 0.1) is 0 Å². The third-order valence-electron chi connectivity index (χ3n) is 2.72. The topological polar surface area (TPSA) is 59.5 Å². The fraction of sp³-hybridized carbons (Fsp3) is 0.714. The molecule has 1 aromatic heterocycles. The molecule has 0 saturated carbocycles. The van der Waals surface area contributed by atoms with Crippen LogP contribution in [0.5, 0.6) is 0 Å². The Morgan fingerprint density at radius 2 is 1.90 bits per heavy atom. The molecule has 114 valence electrons. The van der Waals surface area contributed by atoms with Gasteiger partial charge < -0.3 is 19.7 Å². The zero-order chi connectivity index (χ0) is 14.8. The first-order valence-electron chi connectivity index (χ1n) is 7.19. The van der Waals surface area contributed by atoms with E-state index in [4.69, 9.17) is 9.47 Å². The van der Waals surface area contributed by atoms with Gasteiger partial charge in [0, 0.05) is 39.4 Å². The lowest BCUT2D eigenvalue weighted by atomic mass is 10.4. The molecule has 1 aromatic rings. The third kappa shape index (κ3) is 5.71. The molecule has 1 N–H and O–H groups in total. The second kappa shape index (κ2) is 9.50. The number of nitrogens with one attached hydrogen (secondary N) is 1. The summed E-state index contributed by atoms with van der Waals surface area (Å²) in [5, 5.41) is 3.22. The molecule has 0 amide bonds. The molecule has 20 heavy (non-hydrogen) atoms. The van der Waals surface area contributed by atoms with Gasteiger partial charge in [0.1, 0.15) is 18.2 Å². The van der Waals surface area contributed by atoms with Crippen molar-refractivity contribution in [3.63, 3.8) is 0 Å². The highest BCUT2D eigenvalue weighted by Gasteiger charge is 2.08. The van der Waals surface area contributed by atoms with Crippen LogP contribution >= 0.6 is 0 Å². The first-order valence-corrected chi connectivity index (χ1v) is 7.19. The van der Waals surface area contributed by atoms with Crippen LogP contribution < -0.4 is 10.2 Å². The lowest BCUT2D eigenvalue weighted by molar-refractivity contribution is 0.128. The van der Waals surface area contributed by atoms with E-state index in [0.29, 0.717) is 25.6 Å². The maximum absolute atomic E-state index is 5.39. The Balaban J connectivity index is 2.78. The van der Waals surface area contributed by atoms with E-state index >= 15 is 0 Å². The first-order chi connectivity index (χ1) is 9.71. The minimum Gasteiger partial charge on any atom is -0.380 e. The molecule has 1 heterocycles. The molecule has 0 aliphatic heterocycles. The lowest BCUT2D eigenvalue weighted by Crippen LogP contribution is -2.24. The van der Waals surface area contributed by atoms with Gasteiger partial charge in [-0.3, -0.25) is 0 Å². The quantitative estimate of drug-likeness (QED) is 0.662. The fourth-order valence-corrected chi connectivity index (χ4v) is 1.67. The number of aromatic nitrogens is 2. The van der Waals surface area contributed by atoms with E-state index in [1.807, 2.05) is 33.9 Å². The van der Waals surface area contributed by atoms with Crippen molar-refractivity contribution in [2.24, 2.45) is 0 Å². The summed E-state index contributed by atoms with van der Waals surface area (Å²) in [6, 6.07) is 1.95. The van der Waals surface area contributed by atoms with Crippen LogP contribution in [0.15, 0.2) is 6.07 Å². The molecular weight excluding hydrogens is 256 g/mol. The third-order valence-corrected chi connectivity index (χ3v) is 2.72. The predicted octanol–water partition coefficient (Wildman–Crippen LogP) is 1.92. The number of anilines is 2. The van der Waals surface area contributed by atoms with Crippen LogP contribution in [0.2, 0.25) is 0 Å². The van der Waals surface area contributed by atoms with E-state index in [-0.39, 0.29) is 0 Å². The predicted molar refractivity (Wildman–Crippen MR) is 81.3 cm³/mol. The number of ether oxygens (including phenoxy) is 2. The molecule has 0 atom stereocenters. The highest BCUT2D eigenvalue weighted by Crippen LogP contribution is 2.15. The summed E-state index contributed by atoms with van der Waals surface area (Å²) in [5.74, 6) is 2.41. The molecule has 0 bridgehead atoms. The lowest BCUT2D eigenvalue weighted by Gasteiger charge is -2.19. The molecule has 6 heteroatoms. The Labute approximate surface area is 121 Å². The molecule has 0 saturated heterocycles. The molecule has 0 aliphatic carbocycles. The van der Waals surface area contributed by atoms with Crippen molar-refractivity contribution in [3.8, 4) is 0 Å². The number of nitrogens with zero attached hydrogens (tertiary/aromatic N) is 3. The van der Waals surface area contributed by atoms with Gasteiger partial charge in [-0.05, 0) is 20.8 Å². The van der Waals surface area contributed by atoms with Crippen molar-refractivity contribution in [2.45, 2.75) is 27.4 Å². The molecule has 1 rings (SSSR count). The van der Waals surface area contributed by atoms with Crippen LogP contribution in [0.4, 0.5) is 11.6 Å². The van der Waals surface area contributed by atoms with E-state index in [0.717, 1.165) is 31.3 Å². The second-order valence-corrected chi connectivity index (χ2v) is 4.31. The Kier molecular flexibility index (Phi) is 7.91. The van der Waals surface area contributed by atoms with Crippen molar-refractivity contribution >= 4 is 11.6 Å². The molecule has 0 unspecified atom stereocenters. The summed E-state index contributed by atoms with van der Waals surface area (Å²) in [5.41, 5.74) is 0. The van der Waals surface area contributed by atoms with Gasteiger partial charge in [0.25, 0.3) is 0 Å². The number of likely N-dealkylation sites (N-methyl/N-ethyl adjacent to an activating group) is 1. The highest BCUT2D eigenvalue weighted by atomic mass is 16.5.